The molecule has 1 saturated carbocycles. The number of amides is 1. The maximum Gasteiger partial charge on any atom is 0.255 e. The molecule has 0 aromatic heterocycles. The van der Waals surface area contributed by atoms with Gasteiger partial charge in [0.25, 0.3) is 5.91 Å². The second-order valence-electron chi connectivity index (χ2n) is 10.7. The Bertz CT molecular complexity index is 1650. The number of phenolic OH excluding ortho intramolecular Hbond substituents is 1. The van der Waals surface area contributed by atoms with Crippen LogP contribution in [0.2, 0.25) is 0 Å². The van der Waals surface area contributed by atoms with Crippen molar-refractivity contribution in [1.82, 2.24) is 4.90 Å². The van der Waals surface area contributed by atoms with Gasteiger partial charge in [-0.05, 0) is 49.9 Å². The Morgan fingerprint density at radius 3 is 2.32 bits per heavy atom. The average Bonchev–Trinajstić information content (AvgIpc) is 2.90. The number of phenols is 1. The molecule has 41 heavy (non-hydrogen) atoms. The summed E-state index contributed by atoms with van der Waals surface area (Å²) in [6.45, 7) is 1.39. The number of carbonyl (C=O) groups excluding carboxylic acids is 4. The zero-order valence-electron chi connectivity index (χ0n) is 22.3. The van der Waals surface area contributed by atoms with E-state index in [1.807, 2.05) is 0 Å². The number of aliphatic hydroxyl groups is 4. The van der Waals surface area contributed by atoms with Crippen molar-refractivity contribution in [3.05, 3.63) is 81.6 Å². The summed E-state index contributed by atoms with van der Waals surface area (Å²) >= 11 is 0. The van der Waals surface area contributed by atoms with Crippen molar-refractivity contribution >= 4 is 40.7 Å². The van der Waals surface area contributed by atoms with Crippen LogP contribution in [0.1, 0.15) is 34.0 Å². The van der Waals surface area contributed by atoms with Gasteiger partial charge in [-0.2, -0.15) is 0 Å². The molecule has 0 heterocycles. The molecule has 1 fully saturated rings. The number of aliphatic hydroxyl groups excluding tert-OH is 3. The van der Waals surface area contributed by atoms with E-state index in [0.717, 1.165) is 0 Å². The van der Waals surface area contributed by atoms with Gasteiger partial charge in [-0.25, -0.2) is 0 Å². The highest BCUT2D eigenvalue weighted by molar-refractivity contribution is 6.25. The lowest BCUT2D eigenvalue weighted by atomic mass is 9.55. The van der Waals surface area contributed by atoms with Gasteiger partial charge in [0.15, 0.2) is 17.2 Å². The van der Waals surface area contributed by atoms with Gasteiger partial charge in [-0.3, -0.25) is 24.1 Å². The van der Waals surface area contributed by atoms with Crippen LogP contribution < -0.4 is 5.73 Å². The second-order valence-corrected chi connectivity index (χ2v) is 10.7. The van der Waals surface area contributed by atoms with Crippen LogP contribution in [0.15, 0.2) is 59.4 Å². The summed E-state index contributed by atoms with van der Waals surface area (Å²) in [5.41, 5.74) is 2.01. The summed E-state index contributed by atoms with van der Waals surface area (Å²) < 4.78 is 0. The van der Waals surface area contributed by atoms with E-state index in [9.17, 15) is 44.7 Å². The van der Waals surface area contributed by atoms with Crippen molar-refractivity contribution < 1.29 is 44.7 Å². The van der Waals surface area contributed by atoms with Gasteiger partial charge >= 0.3 is 0 Å². The van der Waals surface area contributed by atoms with E-state index in [4.69, 9.17) is 5.73 Å². The first-order valence-electron chi connectivity index (χ1n) is 12.7. The summed E-state index contributed by atoms with van der Waals surface area (Å²) in [5.74, 6) is -9.39. The fourth-order valence-electron chi connectivity index (χ4n) is 6.34. The highest BCUT2D eigenvalue weighted by Gasteiger charge is 2.68. The molecule has 7 N–H and O–H groups in total. The normalized spacial score (nSPS) is 28.5. The van der Waals surface area contributed by atoms with E-state index in [-0.39, 0.29) is 22.5 Å². The van der Waals surface area contributed by atoms with Crippen molar-refractivity contribution in [2.45, 2.75) is 24.7 Å². The van der Waals surface area contributed by atoms with Crippen LogP contribution in [0, 0.1) is 11.8 Å². The Morgan fingerprint density at radius 2 is 1.71 bits per heavy atom. The number of Topliss-reactive ketones (excluding diaryl/α,β-unsaturated/α-hetero) is 3. The molecule has 0 radical (unpaired) electrons. The Labute approximate surface area is 234 Å². The summed E-state index contributed by atoms with van der Waals surface area (Å²) in [5, 5.41) is 56.8. The molecule has 11 heteroatoms. The quantitative estimate of drug-likeness (QED) is 0.233. The Hall–Kier alpha value is -4.58. The van der Waals surface area contributed by atoms with Crippen molar-refractivity contribution in [3.8, 4) is 5.75 Å². The monoisotopic (exact) mass is 560 g/mol. The zero-order chi connectivity index (χ0) is 30.1. The molecule has 5 atom stereocenters. The number of rotatable bonds is 4. The molecule has 0 aliphatic heterocycles. The lowest BCUT2D eigenvalue weighted by Gasteiger charge is -2.53. The molecule has 2 aromatic rings. The predicted molar refractivity (Wildman–Crippen MR) is 146 cm³/mol. The number of aromatic hydroxyl groups is 1. The first kappa shape index (κ1) is 28.0. The maximum atomic E-state index is 14.2. The lowest BCUT2D eigenvalue weighted by molar-refractivity contribution is -0.166. The summed E-state index contributed by atoms with van der Waals surface area (Å²) in [6, 6.07) is 9.36. The Kier molecular flexibility index (Phi) is 6.49. The van der Waals surface area contributed by atoms with Crippen LogP contribution in [0.4, 0.5) is 0 Å². The number of nitrogens with two attached hydrogens (primary N) is 1. The smallest absolute Gasteiger partial charge is 0.255 e. The van der Waals surface area contributed by atoms with Crippen LogP contribution in [-0.4, -0.2) is 85.5 Å². The third-order valence-electron chi connectivity index (χ3n) is 8.15. The number of benzene rings is 2. The van der Waals surface area contributed by atoms with Gasteiger partial charge in [0.1, 0.15) is 22.8 Å². The van der Waals surface area contributed by atoms with Crippen molar-refractivity contribution in [1.29, 1.82) is 0 Å². The van der Waals surface area contributed by atoms with E-state index in [0.29, 0.717) is 11.1 Å². The molecule has 5 unspecified atom stereocenters. The lowest BCUT2D eigenvalue weighted by Crippen LogP contribution is -2.70. The SMILES string of the molecule is CC(=O)c1cccc(/C=C2\c3cccc(O)c3C(O)=C3C(=O)C4(O)C(O)=C(C(N)=O)C(=O)C(N(C)C)C4C(O)C32)c1. The van der Waals surface area contributed by atoms with Gasteiger partial charge in [-0.1, -0.05) is 36.4 Å². The highest BCUT2D eigenvalue weighted by Crippen LogP contribution is 2.56. The van der Waals surface area contributed by atoms with Gasteiger partial charge in [0, 0.05) is 11.5 Å². The van der Waals surface area contributed by atoms with Gasteiger partial charge in [0.2, 0.25) is 5.78 Å². The number of carbonyl (C=O) groups is 4. The third kappa shape index (κ3) is 3.85. The zero-order valence-corrected chi connectivity index (χ0v) is 22.3. The molecule has 3 aliphatic rings. The molecule has 212 valence electrons. The molecule has 0 spiro atoms. The molecule has 3 aliphatic carbocycles. The number of hydrogen-bond acceptors (Lipinski definition) is 10. The van der Waals surface area contributed by atoms with E-state index in [2.05, 4.69) is 0 Å². The highest BCUT2D eigenvalue weighted by atomic mass is 16.4. The van der Waals surface area contributed by atoms with E-state index in [1.165, 1.54) is 38.1 Å². The average molecular weight is 561 g/mol. The number of hydrogen-bond donors (Lipinski definition) is 6. The summed E-state index contributed by atoms with van der Waals surface area (Å²) in [6.07, 6.45) is -0.219. The van der Waals surface area contributed by atoms with Crippen molar-refractivity contribution in [2.24, 2.45) is 17.6 Å². The van der Waals surface area contributed by atoms with Crippen LogP contribution in [0.25, 0.3) is 17.4 Å². The fraction of sp³-hybridized carbons (Fsp3) is 0.267. The molecule has 0 bridgehead atoms. The number of fused-ring (bicyclic) bond motifs is 3. The van der Waals surface area contributed by atoms with Crippen LogP contribution in [-0.2, 0) is 14.4 Å². The standard InChI is InChI=1S/C30H28N2O9/c1-12(33)14-7-4-6-13(10-14)11-16-15-8-5-9-17(34)18(15)24(35)20-19(16)25(36)22-23(32(2)3)26(37)21(29(31)40)28(39)30(22,41)27(20)38/h4-11,19,22-23,25,34-36,39,41H,1-3H3,(H2,31,40)/b16-11+. The van der Waals surface area contributed by atoms with E-state index < -0.39 is 75.5 Å². The minimum absolute atomic E-state index is 0.162. The fourth-order valence-corrected chi connectivity index (χ4v) is 6.34. The molecule has 2 aromatic carbocycles. The molecule has 11 nitrogen and oxygen atoms in total. The molecule has 5 rings (SSSR count). The maximum absolute atomic E-state index is 14.2. The molecule has 0 saturated heterocycles. The van der Waals surface area contributed by atoms with Gasteiger partial charge < -0.3 is 31.3 Å². The minimum atomic E-state index is -3.02. The number of ketones is 3. The van der Waals surface area contributed by atoms with Crippen LogP contribution >= 0.6 is 0 Å². The van der Waals surface area contributed by atoms with Gasteiger partial charge in [0.05, 0.1) is 29.2 Å². The molecular formula is C30H28N2O9. The predicted octanol–water partition coefficient (Wildman–Crippen LogP) is 1.14. The van der Waals surface area contributed by atoms with Crippen LogP contribution in [0.3, 0.4) is 0 Å². The van der Waals surface area contributed by atoms with Crippen LogP contribution in [0.5, 0.6) is 5.75 Å². The first-order chi connectivity index (χ1) is 19.2. The topological polar surface area (TPSA) is 199 Å². The second kappa shape index (κ2) is 9.51. The van der Waals surface area contributed by atoms with Crippen molar-refractivity contribution in [2.75, 3.05) is 14.1 Å². The summed E-state index contributed by atoms with van der Waals surface area (Å²) in [4.78, 5) is 53.1. The first-order valence-corrected chi connectivity index (χ1v) is 12.7. The third-order valence-corrected chi connectivity index (χ3v) is 8.15. The Morgan fingerprint density at radius 1 is 1.05 bits per heavy atom. The van der Waals surface area contributed by atoms with Crippen molar-refractivity contribution in [3.63, 3.8) is 0 Å². The number of nitrogens with zero attached hydrogens (tertiary/aromatic N) is 1. The Balaban J connectivity index is 1.85. The summed E-state index contributed by atoms with van der Waals surface area (Å²) in [7, 11) is 2.87. The van der Waals surface area contributed by atoms with Gasteiger partial charge in [-0.15, -0.1) is 0 Å². The number of primary amides is 1. The minimum Gasteiger partial charge on any atom is -0.508 e. The number of likely N-dealkylation sites (N-methyl/N-ethyl adjacent to an activating group) is 1. The molecular weight excluding hydrogens is 532 g/mol. The largest absolute Gasteiger partial charge is 0.508 e. The van der Waals surface area contributed by atoms with E-state index >= 15 is 0 Å². The molecule has 1 amide bonds. The van der Waals surface area contributed by atoms with E-state index in [1.54, 1.807) is 36.4 Å².